The van der Waals surface area contributed by atoms with Crippen molar-refractivity contribution in [1.29, 1.82) is 0 Å². The highest BCUT2D eigenvalue weighted by Crippen LogP contribution is 2.41. The molecule has 0 saturated heterocycles. The number of benzene rings is 1. The third-order valence-electron chi connectivity index (χ3n) is 4.50. The minimum absolute atomic E-state index is 0.153. The lowest BCUT2D eigenvalue weighted by Crippen LogP contribution is -2.35. The molecular weight excluding hydrogens is 270 g/mol. The number of rotatable bonds is 4. The van der Waals surface area contributed by atoms with Gasteiger partial charge in [0.15, 0.2) is 5.96 Å². The molecular formula is C16H22ClN3. The summed E-state index contributed by atoms with van der Waals surface area (Å²) in [4.78, 5) is 4.61. The number of nitrogens with zero attached hydrogens (tertiary/aromatic N) is 1. The van der Waals surface area contributed by atoms with Crippen LogP contribution >= 0.6 is 11.6 Å². The van der Waals surface area contributed by atoms with Crippen LogP contribution in [-0.4, -0.2) is 18.5 Å². The van der Waals surface area contributed by atoms with Crippen LogP contribution in [0.4, 0.5) is 0 Å². The summed E-state index contributed by atoms with van der Waals surface area (Å²) in [6, 6.07) is 8.81. The quantitative estimate of drug-likeness (QED) is 0.661. The van der Waals surface area contributed by atoms with Gasteiger partial charge in [0.05, 0.1) is 6.54 Å². The normalized spacial score (nSPS) is 21.9. The summed E-state index contributed by atoms with van der Waals surface area (Å²) in [5, 5.41) is 4.05. The van der Waals surface area contributed by atoms with Gasteiger partial charge in [-0.25, -0.2) is 0 Å². The molecule has 0 aliphatic heterocycles. The molecule has 0 heterocycles. The number of halogens is 1. The van der Waals surface area contributed by atoms with Crippen molar-refractivity contribution in [1.82, 2.24) is 5.32 Å². The number of aliphatic imine (C=N–C) groups is 1. The van der Waals surface area contributed by atoms with Crippen molar-refractivity contribution in [2.24, 2.45) is 10.7 Å². The van der Waals surface area contributed by atoms with Crippen molar-refractivity contribution >= 4 is 17.6 Å². The lowest BCUT2D eigenvalue weighted by Gasteiger charge is -2.28. The standard InChI is InChI=1S/C16H22ClN3/c17-13-5-3-12(4-6-13)16(9-1-2-10-16)11-19-15(18)20-14-7-8-14/h3-6,14H,1-2,7-11H2,(H3,18,19,20). The zero-order valence-electron chi connectivity index (χ0n) is 11.7. The van der Waals surface area contributed by atoms with E-state index in [-0.39, 0.29) is 5.41 Å². The van der Waals surface area contributed by atoms with Gasteiger partial charge < -0.3 is 11.1 Å². The fraction of sp³-hybridized carbons (Fsp3) is 0.562. The van der Waals surface area contributed by atoms with Gasteiger partial charge >= 0.3 is 0 Å². The molecule has 0 spiro atoms. The zero-order valence-corrected chi connectivity index (χ0v) is 12.5. The van der Waals surface area contributed by atoms with Crippen LogP contribution in [0.15, 0.2) is 29.3 Å². The van der Waals surface area contributed by atoms with E-state index in [0.29, 0.717) is 12.0 Å². The minimum Gasteiger partial charge on any atom is -0.370 e. The fourth-order valence-corrected chi connectivity index (χ4v) is 3.24. The summed E-state index contributed by atoms with van der Waals surface area (Å²) < 4.78 is 0. The van der Waals surface area contributed by atoms with Crippen molar-refractivity contribution in [2.45, 2.75) is 50.0 Å². The van der Waals surface area contributed by atoms with Gasteiger partial charge in [0.2, 0.25) is 0 Å². The maximum atomic E-state index is 6.00. The average molecular weight is 292 g/mol. The second-order valence-electron chi connectivity index (χ2n) is 6.11. The molecule has 3 rings (SSSR count). The van der Waals surface area contributed by atoms with E-state index in [4.69, 9.17) is 17.3 Å². The summed E-state index contributed by atoms with van der Waals surface area (Å²) in [6.07, 6.45) is 7.36. The first-order valence-corrected chi connectivity index (χ1v) is 7.88. The van der Waals surface area contributed by atoms with Crippen molar-refractivity contribution in [3.05, 3.63) is 34.9 Å². The first kappa shape index (κ1) is 13.7. The Hall–Kier alpha value is -1.22. The molecule has 4 heteroatoms. The Labute approximate surface area is 125 Å². The highest BCUT2D eigenvalue weighted by molar-refractivity contribution is 6.30. The Morgan fingerprint density at radius 3 is 2.50 bits per heavy atom. The highest BCUT2D eigenvalue weighted by Gasteiger charge is 2.35. The maximum absolute atomic E-state index is 6.00. The molecule has 0 aromatic heterocycles. The molecule has 20 heavy (non-hydrogen) atoms. The second kappa shape index (κ2) is 5.65. The molecule has 0 unspecified atom stereocenters. The van der Waals surface area contributed by atoms with Crippen LogP contribution in [0.3, 0.4) is 0 Å². The highest BCUT2D eigenvalue weighted by atomic mass is 35.5. The van der Waals surface area contributed by atoms with E-state index < -0.39 is 0 Å². The van der Waals surface area contributed by atoms with Gasteiger partial charge in [-0.05, 0) is 43.4 Å². The van der Waals surface area contributed by atoms with Gasteiger partial charge in [0, 0.05) is 16.5 Å². The van der Waals surface area contributed by atoms with Crippen LogP contribution in [0.2, 0.25) is 5.02 Å². The van der Waals surface area contributed by atoms with Crippen LogP contribution in [0.25, 0.3) is 0 Å². The van der Waals surface area contributed by atoms with Crippen LogP contribution in [0.1, 0.15) is 44.1 Å². The number of hydrogen-bond donors (Lipinski definition) is 2. The number of nitrogens with one attached hydrogen (secondary N) is 1. The van der Waals surface area contributed by atoms with E-state index in [1.54, 1.807) is 0 Å². The van der Waals surface area contributed by atoms with Crippen molar-refractivity contribution in [3.63, 3.8) is 0 Å². The molecule has 3 nitrogen and oxygen atoms in total. The summed E-state index contributed by atoms with van der Waals surface area (Å²) in [7, 11) is 0. The van der Waals surface area contributed by atoms with Gasteiger partial charge in [-0.3, -0.25) is 4.99 Å². The fourth-order valence-electron chi connectivity index (χ4n) is 3.11. The molecule has 2 fully saturated rings. The second-order valence-corrected chi connectivity index (χ2v) is 6.55. The minimum atomic E-state index is 0.153. The zero-order chi connectivity index (χ0) is 14.0. The van der Waals surface area contributed by atoms with Crippen LogP contribution < -0.4 is 11.1 Å². The first-order chi connectivity index (χ1) is 9.68. The lowest BCUT2D eigenvalue weighted by atomic mass is 9.79. The van der Waals surface area contributed by atoms with Gasteiger partial charge in [-0.2, -0.15) is 0 Å². The molecule has 0 radical (unpaired) electrons. The smallest absolute Gasteiger partial charge is 0.188 e. The summed E-state index contributed by atoms with van der Waals surface area (Å²) in [5.41, 5.74) is 7.47. The third kappa shape index (κ3) is 3.09. The van der Waals surface area contributed by atoms with Gasteiger partial charge in [0.25, 0.3) is 0 Å². The lowest BCUT2D eigenvalue weighted by molar-refractivity contribution is 0.453. The van der Waals surface area contributed by atoms with Gasteiger partial charge in [-0.1, -0.05) is 36.6 Å². The molecule has 1 aromatic rings. The van der Waals surface area contributed by atoms with E-state index in [1.807, 2.05) is 12.1 Å². The van der Waals surface area contributed by atoms with E-state index >= 15 is 0 Å². The average Bonchev–Trinajstić information content (AvgIpc) is 3.12. The van der Waals surface area contributed by atoms with E-state index in [9.17, 15) is 0 Å². The predicted molar refractivity (Wildman–Crippen MR) is 84.2 cm³/mol. The Morgan fingerprint density at radius 2 is 1.90 bits per heavy atom. The summed E-state index contributed by atoms with van der Waals surface area (Å²) in [6.45, 7) is 0.778. The maximum Gasteiger partial charge on any atom is 0.188 e. The van der Waals surface area contributed by atoms with Crippen molar-refractivity contribution in [3.8, 4) is 0 Å². The molecule has 2 aliphatic rings. The van der Waals surface area contributed by atoms with Crippen LogP contribution in [0, 0.1) is 0 Å². The molecule has 1 aromatic carbocycles. The van der Waals surface area contributed by atoms with Crippen molar-refractivity contribution in [2.75, 3.05) is 6.54 Å². The first-order valence-electron chi connectivity index (χ1n) is 7.50. The third-order valence-corrected chi connectivity index (χ3v) is 4.75. The Morgan fingerprint density at radius 1 is 1.25 bits per heavy atom. The molecule has 0 amide bonds. The molecule has 0 atom stereocenters. The SMILES string of the molecule is NC(=NCC1(c2ccc(Cl)cc2)CCCC1)NC1CC1. The monoisotopic (exact) mass is 291 g/mol. The van der Waals surface area contributed by atoms with Gasteiger partial charge in [-0.15, -0.1) is 0 Å². The molecule has 3 N–H and O–H groups in total. The molecule has 2 aliphatic carbocycles. The van der Waals surface area contributed by atoms with Crippen LogP contribution in [-0.2, 0) is 5.41 Å². The van der Waals surface area contributed by atoms with Gasteiger partial charge in [0.1, 0.15) is 0 Å². The number of nitrogens with two attached hydrogens (primary N) is 1. The summed E-state index contributed by atoms with van der Waals surface area (Å²) >= 11 is 6.00. The van der Waals surface area contributed by atoms with E-state index in [1.165, 1.54) is 44.1 Å². The topological polar surface area (TPSA) is 50.4 Å². The van der Waals surface area contributed by atoms with Crippen LogP contribution in [0.5, 0.6) is 0 Å². The van der Waals surface area contributed by atoms with E-state index in [2.05, 4.69) is 22.4 Å². The predicted octanol–water partition coefficient (Wildman–Crippen LogP) is 3.22. The molecule has 0 bridgehead atoms. The number of guanidine groups is 1. The van der Waals surface area contributed by atoms with Crippen molar-refractivity contribution < 1.29 is 0 Å². The Kier molecular flexibility index (Phi) is 3.88. The summed E-state index contributed by atoms with van der Waals surface area (Å²) in [5.74, 6) is 0.604. The molecule has 2 saturated carbocycles. The number of hydrogen-bond acceptors (Lipinski definition) is 1. The Bertz CT molecular complexity index is 485. The largest absolute Gasteiger partial charge is 0.370 e. The Balaban J connectivity index is 1.75. The van der Waals surface area contributed by atoms with E-state index in [0.717, 1.165) is 11.6 Å². The molecule has 108 valence electrons.